The van der Waals surface area contributed by atoms with Gasteiger partial charge in [-0.2, -0.15) is 0 Å². The summed E-state index contributed by atoms with van der Waals surface area (Å²) in [6.45, 7) is 8.38. The maximum atomic E-state index is 14.1. The summed E-state index contributed by atoms with van der Waals surface area (Å²) in [7, 11) is 0. The van der Waals surface area contributed by atoms with Gasteiger partial charge in [0.25, 0.3) is 5.91 Å². The normalized spacial score (nSPS) is 22.4. The molecule has 1 saturated heterocycles. The molecule has 1 aliphatic rings. The fourth-order valence-corrected chi connectivity index (χ4v) is 2.95. The zero-order valence-corrected chi connectivity index (χ0v) is 13.2. The molecule has 1 fully saturated rings. The molecule has 0 radical (unpaired) electrons. The maximum absolute atomic E-state index is 14.1. The zero-order valence-electron chi connectivity index (χ0n) is 13.2. The summed E-state index contributed by atoms with van der Waals surface area (Å²) in [5, 5.41) is 3.53. The van der Waals surface area contributed by atoms with Gasteiger partial charge in [0.2, 0.25) is 0 Å². The van der Waals surface area contributed by atoms with Crippen LogP contribution in [0.25, 0.3) is 0 Å². The molecule has 2 rings (SSSR count). The number of nitrogens with zero attached hydrogens (tertiary/aromatic N) is 1. The van der Waals surface area contributed by atoms with Gasteiger partial charge in [0, 0.05) is 19.1 Å². The summed E-state index contributed by atoms with van der Waals surface area (Å²) in [5.74, 6) is -0.180. The third-order valence-electron chi connectivity index (χ3n) is 4.27. The van der Waals surface area contributed by atoms with Crippen molar-refractivity contribution in [1.82, 2.24) is 10.2 Å². The van der Waals surface area contributed by atoms with Gasteiger partial charge in [-0.1, -0.05) is 26.0 Å². The minimum Gasteiger partial charge on any atom is -0.338 e. The SMILES string of the molecule is CCCNC1CCN(C(=O)c2cccc(C)c2F)CC1C. The van der Waals surface area contributed by atoms with Crippen molar-refractivity contribution in [2.45, 2.75) is 39.7 Å². The number of hydrogen-bond acceptors (Lipinski definition) is 2. The van der Waals surface area contributed by atoms with Crippen LogP contribution in [0.4, 0.5) is 4.39 Å². The van der Waals surface area contributed by atoms with Crippen LogP contribution in [0, 0.1) is 18.7 Å². The number of hydrogen-bond donors (Lipinski definition) is 1. The van der Waals surface area contributed by atoms with Crippen LogP contribution in [0.5, 0.6) is 0 Å². The van der Waals surface area contributed by atoms with Crippen LogP contribution in [-0.4, -0.2) is 36.5 Å². The number of halogens is 1. The molecule has 1 heterocycles. The van der Waals surface area contributed by atoms with Crippen LogP contribution in [0.3, 0.4) is 0 Å². The van der Waals surface area contributed by atoms with Crippen molar-refractivity contribution in [3.63, 3.8) is 0 Å². The summed E-state index contributed by atoms with van der Waals surface area (Å²) < 4.78 is 14.1. The molecular formula is C17H25FN2O. The van der Waals surface area contributed by atoms with Crippen molar-refractivity contribution in [2.24, 2.45) is 5.92 Å². The van der Waals surface area contributed by atoms with Gasteiger partial charge in [-0.05, 0) is 43.9 Å². The number of benzene rings is 1. The average molecular weight is 292 g/mol. The van der Waals surface area contributed by atoms with E-state index < -0.39 is 0 Å². The van der Waals surface area contributed by atoms with Crippen molar-refractivity contribution in [2.75, 3.05) is 19.6 Å². The predicted octanol–water partition coefficient (Wildman–Crippen LogP) is 2.98. The van der Waals surface area contributed by atoms with Gasteiger partial charge < -0.3 is 10.2 Å². The Kier molecular flexibility index (Phi) is 5.34. The Morgan fingerprint density at radius 2 is 2.24 bits per heavy atom. The third-order valence-corrected chi connectivity index (χ3v) is 4.27. The second-order valence-electron chi connectivity index (χ2n) is 6.01. The first kappa shape index (κ1) is 16.0. The summed E-state index contributed by atoms with van der Waals surface area (Å²) in [4.78, 5) is 14.3. The molecule has 1 aliphatic heterocycles. The molecule has 0 spiro atoms. The van der Waals surface area contributed by atoms with Crippen molar-refractivity contribution < 1.29 is 9.18 Å². The minimum atomic E-state index is -0.388. The van der Waals surface area contributed by atoms with E-state index in [2.05, 4.69) is 19.2 Å². The maximum Gasteiger partial charge on any atom is 0.256 e. The lowest BCUT2D eigenvalue weighted by Crippen LogP contribution is -2.50. The fraction of sp³-hybridized carbons (Fsp3) is 0.588. The number of likely N-dealkylation sites (tertiary alicyclic amines) is 1. The van der Waals surface area contributed by atoms with Crippen molar-refractivity contribution in [1.29, 1.82) is 0 Å². The summed E-state index contributed by atoms with van der Waals surface area (Å²) in [6.07, 6.45) is 2.04. The third kappa shape index (κ3) is 3.62. The van der Waals surface area contributed by atoms with Gasteiger partial charge >= 0.3 is 0 Å². The quantitative estimate of drug-likeness (QED) is 0.925. The first-order valence-corrected chi connectivity index (χ1v) is 7.82. The van der Waals surface area contributed by atoms with Crippen LogP contribution < -0.4 is 5.32 Å². The number of carbonyl (C=O) groups excluding carboxylic acids is 1. The molecule has 116 valence electrons. The van der Waals surface area contributed by atoms with Gasteiger partial charge in [-0.25, -0.2) is 4.39 Å². The highest BCUT2D eigenvalue weighted by Gasteiger charge is 2.29. The predicted molar refractivity (Wildman–Crippen MR) is 82.9 cm³/mol. The highest BCUT2D eigenvalue weighted by atomic mass is 19.1. The van der Waals surface area contributed by atoms with E-state index in [1.165, 1.54) is 0 Å². The van der Waals surface area contributed by atoms with E-state index in [4.69, 9.17) is 0 Å². The van der Waals surface area contributed by atoms with Crippen molar-refractivity contribution in [3.8, 4) is 0 Å². The van der Waals surface area contributed by atoms with Crippen molar-refractivity contribution >= 4 is 5.91 Å². The molecule has 0 saturated carbocycles. The monoisotopic (exact) mass is 292 g/mol. The molecular weight excluding hydrogens is 267 g/mol. The summed E-state index contributed by atoms with van der Waals surface area (Å²) in [6, 6.07) is 5.47. The smallest absolute Gasteiger partial charge is 0.256 e. The van der Waals surface area contributed by atoms with E-state index in [1.807, 2.05) is 0 Å². The van der Waals surface area contributed by atoms with E-state index in [1.54, 1.807) is 30.0 Å². The highest BCUT2D eigenvalue weighted by Crippen LogP contribution is 2.21. The number of carbonyl (C=O) groups is 1. The molecule has 1 aromatic rings. The topological polar surface area (TPSA) is 32.3 Å². The van der Waals surface area contributed by atoms with Crippen LogP contribution in [0.2, 0.25) is 0 Å². The van der Waals surface area contributed by atoms with Gasteiger partial charge in [0.05, 0.1) is 5.56 Å². The Bertz CT molecular complexity index is 504. The van der Waals surface area contributed by atoms with Crippen LogP contribution in [-0.2, 0) is 0 Å². The Balaban J connectivity index is 2.04. The standard InChI is InChI=1S/C17H25FN2O/c1-4-9-19-15-8-10-20(11-13(15)3)17(21)14-7-5-6-12(2)16(14)18/h5-7,13,15,19H,4,8-11H2,1-3H3. The molecule has 3 nitrogen and oxygen atoms in total. The highest BCUT2D eigenvalue weighted by molar-refractivity contribution is 5.94. The lowest BCUT2D eigenvalue weighted by atomic mass is 9.93. The zero-order chi connectivity index (χ0) is 15.4. The molecule has 0 aliphatic carbocycles. The molecule has 4 heteroatoms. The second-order valence-corrected chi connectivity index (χ2v) is 6.01. The van der Waals surface area contributed by atoms with E-state index in [0.717, 1.165) is 19.4 Å². The lowest BCUT2D eigenvalue weighted by molar-refractivity contribution is 0.0640. The van der Waals surface area contributed by atoms with Crippen LogP contribution in [0.15, 0.2) is 18.2 Å². The first-order valence-electron chi connectivity index (χ1n) is 7.82. The second kappa shape index (κ2) is 7.03. The number of amides is 1. The molecule has 2 unspecified atom stereocenters. The van der Waals surface area contributed by atoms with Gasteiger partial charge in [0.1, 0.15) is 5.82 Å². The molecule has 1 N–H and O–H groups in total. The van der Waals surface area contributed by atoms with Gasteiger partial charge in [-0.15, -0.1) is 0 Å². The lowest BCUT2D eigenvalue weighted by Gasteiger charge is -2.37. The first-order chi connectivity index (χ1) is 10.0. The molecule has 0 aromatic heterocycles. The van der Waals surface area contributed by atoms with Crippen LogP contribution >= 0.6 is 0 Å². The van der Waals surface area contributed by atoms with E-state index >= 15 is 0 Å². The molecule has 1 amide bonds. The van der Waals surface area contributed by atoms with E-state index in [9.17, 15) is 9.18 Å². The number of aryl methyl sites for hydroxylation is 1. The minimum absolute atomic E-state index is 0.183. The van der Waals surface area contributed by atoms with E-state index in [0.29, 0.717) is 30.6 Å². The Morgan fingerprint density at radius 3 is 2.90 bits per heavy atom. The van der Waals surface area contributed by atoms with Crippen LogP contribution in [0.1, 0.15) is 42.6 Å². The summed E-state index contributed by atoms with van der Waals surface area (Å²) in [5.41, 5.74) is 0.718. The molecule has 21 heavy (non-hydrogen) atoms. The number of piperidine rings is 1. The molecule has 2 atom stereocenters. The van der Waals surface area contributed by atoms with Crippen molar-refractivity contribution in [3.05, 3.63) is 35.1 Å². The number of rotatable bonds is 4. The Hall–Kier alpha value is -1.42. The Labute approximate surface area is 126 Å². The largest absolute Gasteiger partial charge is 0.338 e. The molecule has 1 aromatic carbocycles. The molecule has 0 bridgehead atoms. The average Bonchev–Trinajstić information content (AvgIpc) is 2.48. The fourth-order valence-electron chi connectivity index (χ4n) is 2.95. The summed E-state index contributed by atoms with van der Waals surface area (Å²) >= 11 is 0. The number of nitrogens with one attached hydrogen (secondary N) is 1. The van der Waals surface area contributed by atoms with E-state index in [-0.39, 0.29) is 17.3 Å². The van der Waals surface area contributed by atoms with Gasteiger partial charge in [-0.3, -0.25) is 4.79 Å². The Morgan fingerprint density at radius 1 is 1.48 bits per heavy atom. The van der Waals surface area contributed by atoms with Gasteiger partial charge in [0.15, 0.2) is 0 Å².